The van der Waals surface area contributed by atoms with Crippen molar-refractivity contribution in [2.45, 2.75) is 0 Å². The highest BCUT2D eigenvalue weighted by atomic mass is 35.5. The number of amides is 1. The molecule has 7 heteroatoms. The molecule has 0 spiro atoms. The Morgan fingerprint density at radius 1 is 1.09 bits per heavy atom. The third-order valence-corrected chi connectivity index (χ3v) is 3.70. The fourth-order valence-electron chi connectivity index (χ4n) is 2.02. The lowest BCUT2D eigenvalue weighted by Crippen LogP contribution is -2.19. The van der Waals surface area contributed by atoms with Gasteiger partial charge in [-0.05, 0) is 30.3 Å². The van der Waals surface area contributed by atoms with E-state index in [0.717, 1.165) is 0 Å². The first-order chi connectivity index (χ1) is 11.1. The van der Waals surface area contributed by atoms with E-state index in [-0.39, 0.29) is 5.91 Å². The molecule has 3 rings (SSSR count). The molecule has 0 unspecified atom stereocenters. The largest absolute Gasteiger partial charge is 0.486 e. The smallest absolute Gasteiger partial charge is 0.271 e. The Kier molecular flexibility index (Phi) is 4.69. The fraction of sp³-hybridized carbons (Fsp3) is 0.125. The molecular weight excluding hydrogens is 339 g/mol. The van der Waals surface area contributed by atoms with Crippen LogP contribution in [0.5, 0.6) is 11.5 Å². The van der Waals surface area contributed by atoms with Gasteiger partial charge in [0, 0.05) is 16.1 Å². The van der Waals surface area contributed by atoms with Gasteiger partial charge in [-0.3, -0.25) is 4.79 Å². The van der Waals surface area contributed by atoms with Gasteiger partial charge in [-0.15, -0.1) is 0 Å². The molecule has 0 aromatic heterocycles. The Morgan fingerprint density at radius 3 is 2.65 bits per heavy atom. The lowest BCUT2D eigenvalue weighted by atomic mass is 10.2. The number of nitrogens with zero attached hydrogens (tertiary/aromatic N) is 1. The number of benzene rings is 2. The lowest BCUT2D eigenvalue weighted by molar-refractivity contribution is 0.0954. The molecule has 1 aliphatic heterocycles. The summed E-state index contributed by atoms with van der Waals surface area (Å²) in [5.74, 6) is 0.821. The lowest BCUT2D eigenvalue weighted by Gasteiger charge is -2.18. The van der Waals surface area contributed by atoms with Crippen molar-refractivity contribution >= 4 is 35.3 Å². The number of fused-ring (bicyclic) bond motifs is 1. The minimum Gasteiger partial charge on any atom is -0.486 e. The van der Waals surface area contributed by atoms with E-state index in [2.05, 4.69) is 10.5 Å². The number of hydrogen-bond acceptors (Lipinski definition) is 4. The highest BCUT2D eigenvalue weighted by Crippen LogP contribution is 2.30. The molecule has 1 amide bonds. The van der Waals surface area contributed by atoms with Gasteiger partial charge < -0.3 is 9.47 Å². The summed E-state index contributed by atoms with van der Waals surface area (Å²) in [6.45, 7) is 0.968. The number of carbonyl (C=O) groups is 1. The van der Waals surface area contributed by atoms with Crippen molar-refractivity contribution in [3.8, 4) is 11.5 Å². The van der Waals surface area contributed by atoms with Gasteiger partial charge in [0.15, 0.2) is 11.5 Å². The second kappa shape index (κ2) is 6.89. The Labute approximate surface area is 142 Å². The molecule has 0 atom stereocenters. The van der Waals surface area contributed by atoms with Crippen LogP contribution in [0, 0.1) is 0 Å². The van der Waals surface area contributed by atoms with Crippen LogP contribution in [0.4, 0.5) is 0 Å². The van der Waals surface area contributed by atoms with Crippen LogP contribution in [0.3, 0.4) is 0 Å². The molecule has 1 aliphatic rings. The van der Waals surface area contributed by atoms with Crippen molar-refractivity contribution in [1.82, 2.24) is 5.43 Å². The van der Waals surface area contributed by atoms with Crippen LogP contribution in [0.2, 0.25) is 10.0 Å². The average Bonchev–Trinajstić information content (AvgIpc) is 2.56. The van der Waals surface area contributed by atoms with E-state index >= 15 is 0 Å². The van der Waals surface area contributed by atoms with Gasteiger partial charge in [0.1, 0.15) is 13.2 Å². The normalized spacial score (nSPS) is 13.1. The number of hydrogen-bond donors (Lipinski definition) is 1. The van der Waals surface area contributed by atoms with E-state index in [1.54, 1.807) is 36.4 Å². The molecule has 0 fully saturated rings. The minimum absolute atomic E-state index is 0.358. The second-order valence-corrected chi connectivity index (χ2v) is 5.57. The van der Waals surface area contributed by atoms with Crippen molar-refractivity contribution in [3.63, 3.8) is 0 Å². The van der Waals surface area contributed by atoms with Crippen LogP contribution in [0.15, 0.2) is 41.5 Å². The second-order valence-electron chi connectivity index (χ2n) is 4.72. The number of nitrogens with one attached hydrogen (secondary N) is 1. The number of hydrazone groups is 1. The standard InChI is InChI=1S/C16H12Cl2N2O3/c17-12-3-1-11(13(18)8-12)9-19-20-16(21)10-2-4-14-15(7-10)23-6-5-22-14/h1-4,7-9H,5-6H2,(H,20,21). The molecule has 1 N–H and O–H groups in total. The van der Waals surface area contributed by atoms with Gasteiger partial charge in [0.2, 0.25) is 0 Å². The molecule has 0 aliphatic carbocycles. The van der Waals surface area contributed by atoms with E-state index in [4.69, 9.17) is 32.7 Å². The Morgan fingerprint density at radius 2 is 1.87 bits per heavy atom. The molecular formula is C16H12Cl2N2O3. The van der Waals surface area contributed by atoms with E-state index < -0.39 is 0 Å². The van der Waals surface area contributed by atoms with Gasteiger partial charge in [-0.25, -0.2) is 5.43 Å². The predicted molar refractivity (Wildman–Crippen MR) is 89.0 cm³/mol. The molecule has 0 radical (unpaired) electrons. The van der Waals surface area contributed by atoms with Crippen LogP contribution in [-0.4, -0.2) is 25.3 Å². The molecule has 2 aromatic carbocycles. The maximum atomic E-state index is 12.1. The molecule has 2 aromatic rings. The van der Waals surface area contributed by atoms with Crippen molar-refractivity contribution in [2.75, 3.05) is 13.2 Å². The summed E-state index contributed by atoms with van der Waals surface area (Å²) in [4.78, 5) is 12.1. The molecule has 5 nitrogen and oxygen atoms in total. The Hall–Kier alpha value is -2.24. The van der Waals surface area contributed by atoms with Gasteiger partial charge >= 0.3 is 0 Å². The predicted octanol–water partition coefficient (Wildman–Crippen LogP) is 3.53. The zero-order valence-electron chi connectivity index (χ0n) is 11.9. The molecule has 23 heavy (non-hydrogen) atoms. The van der Waals surface area contributed by atoms with Crippen LogP contribution in [0.25, 0.3) is 0 Å². The average molecular weight is 351 g/mol. The van der Waals surface area contributed by atoms with Gasteiger partial charge in [0.25, 0.3) is 5.91 Å². The zero-order chi connectivity index (χ0) is 16.2. The van der Waals surface area contributed by atoms with Crippen LogP contribution in [-0.2, 0) is 0 Å². The topological polar surface area (TPSA) is 59.9 Å². The van der Waals surface area contributed by atoms with Gasteiger partial charge in [0.05, 0.1) is 11.2 Å². The molecule has 118 valence electrons. The van der Waals surface area contributed by atoms with E-state index in [1.165, 1.54) is 6.21 Å². The maximum absolute atomic E-state index is 12.1. The number of rotatable bonds is 3. The summed E-state index contributed by atoms with van der Waals surface area (Å²) < 4.78 is 10.8. The molecule has 1 heterocycles. The van der Waals surface area contributed by atoms with Crippen molar-refractivity contribution in [1.29, 1.82) is 0 Å². The summed E-state index contributed by atoms with van der Waals surface area (Å²) >= 11 is 11.8. The van der Waals surface area contributed by atoms with E-state index in [0.29, 0.717) is 45.9 Å². The van der Waals surface area contributed by atoms with Crippen molar-refractivity contribution in [3.05, 3.63) is 57.6 Å². The zero-order valence-corrected chi connectivity index (χ0v) is 13.4. The highest BCUT2D eigenvalue weighted by molar-refractivity contribution is 6.36. The number of carbonyl (C=O) groups excluding carboxylic acids is 1. The maximum Gasteiger partial charge on any atom is 0.271 e. The van der Waals surface area contributed by atoms with Gasteiger partial charge in [-0.1, -0.05) is 29.3 Å². The first-order valence-corrected chi connectivity index (χ1v) is 7.57. The third kappa shape index (κ3) is 3.75. The first kappa shape index (κ1) is 15.6. The van der Waals surface area contributed by atoms with Gasteiger partial charge in [-0.2, -0.15) is 5.10 Å². The van der Waals surface area contributed by atoms with Crippen LogP contribution < -0.4 is 14.9 Å². The van der Waals surface area contributed by atoms with Crippen molar-refractivity contribution < 1.29 is 14.3 Å². The summed E-state index contributed by atoms with van der Waals surface area (Å²) in [6, 6.07) is 9.97. The molecule has 0 bridgehead atoms. The fourth-order valence-corrected chi connectivity index (χ4v) is 2.47. The molecule has 0 saturated carbocycles. The summed E-state index contributed by atoms with van der Waals surface area (Å²) in [5.41, 5.74) is 3.51. The van der Waals surface area contributed by atoms with Crippen molar-refractivity contribution in [2.24, 2.45) is 5.10 Å². The van der Waals surface area contributed by atoms with E-state index in [1.807, 2.05) is 0 Å². The molecule has 0 saturated heterocycles. The quantitative estimate of drug-likeness (QED) is 0.680. The van der Waals surface area contributed by atoms with Crippen LogP contribution >= 0.6 is 23.2 Å². The highest BCUT2D eigenvalue weighted by Gasteiger charge is 2.14. The van der Waals surface area contributed by atoms with E-state index in [9.17, 15) is 4.79 Å². The Balaban J connectivity index is 1.68. The number of halogens is 2. The number of ether oxygens (including phenoxy) is 2. The summed E-state index contributed by atoms with van der Waals surface area (Å²) in [5, 5.41) is 4.88. The monoisotopic (exact) mass is 350 g/mol. The summed E-state index contributed by atoms with van der Waals surface area (Å²) in [7, 11) is 0. The van der Waals surface area contributed by atoms with Crippen LogP contribution in [0.1, 0.15) is 15.9 Å². The third-order valence-electron chi connectivity index (χ3n) is 3.14. The Bertz CT molecular complexity index is 778. The first-order valence-electron chi connectivity index (χ1n) is 6.81. The summed E-state index contributed by atoms with van der Waals surface area (Å²) in [6.07, 6.45) is 1.45. The minimum atomic E-state index is -0.358. The SMILES string of the molecule is O=C(NN=Cc1ccc(Cl)cc1Cl)c1ccc2c(c1)OCCO2.